The standard InChI is InChI=1S/C19H19FN2O5S/c1-11(17(24)21-14-7-5-13(20)6-8-14)27-19(25)15-10-28-18(22(15)12(2)23)16-4-3-9-26-16/h3-9,11,15,18H,10H2,1-2H3,(H,21,24)/t11-,15+,18-/m1/s1. The zero-order valence-corrected chi connectivity index (χ0v) is 16.1. The minimum Gasteiger partial charge on any atom is -0.466 e. The van der Waals surface area contributed by atoms with Gasteiger partial charge in [0.1, 0.15) is 23.0 Å². The minimum absolute atomic E-state index is 0.295. The third-order valence-electron chi connectivity index (χ3n) is 4.20. The monoisotopic (exact) mass is 406 g/mol. The van der Waals surface area contributed by atoms with Crippen molar-refractivity contribution in [2.45, 2.75) is 31.4 Å². The number of benzene rings is 1. The molecule has 0 radical (unpaired) electrons. The van der Waals surface area contributed by atoms with Gasteiger partial charge in [-0.1, -0.05) is 0 Å². The molecule has 0 saturated carbocycles. The van der Waals surface area contributed by atoms with E-state index < -0.39 is 35.2 Å². The number of esters is 1. The van der Waals surface area contributed by atoms with Crippen LogP contribution < -0.4 is 5.32 Å². The second kappa shape index (κ2) is 8.47. The van der Waals surface area contributed by atoms with E-state index in [1.54, 1.807) is 12.1 Å². The highest BCUT2D eigenvalue weighted by atomic mass is 32.2. The Morgan fingerprint density at radius 1 is 1.29 bits per heavy atom. The molecule has 3 atom stereocenters. The zero-order chi connectivity index (χ0) is 20.3. The molecule has 3 rings (SSSR count). The number of amides is 2. The summed E-state index contributed by atoms with van der Waals surface area (Å²) in [5.74, 6) is -1.04. The van der Waals surface area contributed by atoms with Crippen LogP contribution in [0.15, 0.2) is 47.1 Å². The highest BCUT2D eigenvalue weighted by molar-refractivity contribution is 7.99. The van der Waals surface area contributed by atoms with Crippen LogP contribution in [-0.4, -0.2) is 40.6 Å². The lowest BCUT2D eigenvalue weighted by Crippen LogP contribution is -2.44. The van der Waals surface area contributed by atoms with Crippen molar-refractivity contribution in [1.82, 2.24) is 4.90 Å². The molecular weight excluding hydrogens is 387 g/mol. The number of nitrogens with zero attached hydrogens (tertiary/aromatic N) is 1. The van der Waals surface area contributed by atoms with Crippen molar-refractivity contribution in [3.63, 3.8) is 0 Å². The van der Waals surface area contributed by atoms with Gasteiger partial charge in [-0.15, -0.1) is 11.8 Å². The van der Waals surface area contributed by atoms with Gasteiger partial charge >= 0.3 is 5.97 Å². The first kappa shape index (κ1) is 19.9. The Bertz CT molecular complexity index is 856. The number of ether oxygens (including phenoxy) is 1. The van der Waals surface area contributed by atoms with Crippen molar-refractivity contribution >= 4 is 35.2 Å². The number of anilines is 1. The van der Waals surface area contributed by atoms with Crippen LogP contribution in [-0.2, 0) is 19.1 Å². The number of halogens is 1. The predicted molar refractivity (Wildman–Crippen MR) is 101 cm³/mol. The fraction of sp³-hybridized carbons (Fsp3) is 0.316. The van der Waals surface area contributed by atoms with Crippen LogP contribution in [0, 0.1) is 5.82 Å². The Morgan fingerprint density at radius 2 is 2.00 bits per heavy atom. The average Bonchev–Trinajstić information content (AvgIpc) is 3.32. The lowest BCUT2D eigenvalue weighted by atomic mass is 10.2. The molecular formula is C19H19FN2O5S. The van der Waals surface area contributed by atoms with Crippen LogP contribution in [0.4, 0.5) is 10.1 Å². The van der Waals surface area contributed by atoms with Gasteiger partial charge in [-0.05, 0) is 43.3 Å². The maximum atomic E-state index is 12.9. The molecule has 1 fully saturated rings. The van der Waals surface area contributed by atoms with Crippen LogP contribution >= 0.6 is 11.8 Å². The van der Waals surface area contributed by atoms with Gasteiger partial charge in [0.15, 0.2) is 6.10 Å². The van der Waals surface area contributed by atoms with Gasteiger partial charge in [0.2, 0.25) is 5.91 Å². The van der Waals surface area contributed by atoms with E-state index in [1.807, 2.05) is 0 Å². The molecule has 2 aromatic rings. The summed E-state index contributed by atoms with van der Waals surface area (Å²) in [5, 5.41) is 2.12. The van der Waals surface area contributed by atoms with Crippen molar-refractivity contribution in [2.75, 3.05) is 11.1 Å². The predicted octanol–water partition coefficient (Wildman–Crippen LogP) is 2.95. The molecule has 0 aliphatic carbocycles. The van der Waals surface area contributed by atoms with Gasteiger partial charge in [-0.2, -0.15) is 0 Å². The second-order valence-electron chi connectivity index (χ2n) is 6.22. The van der Waals surface area contributed by atoms with Crippen LogP contribution in [0.25, 0.3) is 0 Å². The zero-order valence-electron chi connectivity index (χ0n) is 15.3. The van der Waals surface area contributed by atoms with Crippen molar-refractivity contribution in [3.8, 4) is 0 Å². The molecule has 1 saturated heterocycles. The smallest absolute Gasteiger partial charge is 0.330 e. The summed E-state index contributed by atoms with van der Waals surface area (Å²) >= 11 is 1.39. The Morgan fingerprint density at radius 3 is 2.61 bits per heavy atom. The number of thioether (sulfide) groups is 1. The Balaban J connectivity index is 1.63. The topological polar surface area (TPSA) is 88.8 Å². The largest absolute Gasteiger partial charge is 0.466 e. The summed E-state index contributed by atoms with van der Waals surface area (Å²) in [6.45, 7) is 2.80. The molecule has 1 aromatic carbocycles. The Hall–Kier alpha value is -2.81. The normalized spacial score (nSPS) is 19.9. The summed E-state index contributed by atoms with van der Waals surface area (Å²) in [7, 11) is 0. The van der Waals surface area contributed by atoms with Crippen molar-refractivity contribution in [1.29, 1.82) is 0 Å². The van der Waals surface area contributed by atoms with Crippen LogP contribution in [0.2, 0.25) is 0 Å². The maximum Gasteiger partial charge on any atom is 0.330 e. The summed E-state index contributed by atoms with van der Waals surface area (Å²) < 4.78 is 23.6. The highest BCUT2D eigenvalue weighted by Gasteiger charge is 2.43. The maximum absolute atomic E-state index is 12.9. The lowest BCUT2D eigenvalue weighted by molar-refractivity contribution is -0.160. The molecule has 0 unspecified atom stereocenters. The number of hydrogen-bond donors (Lipinski definition) is 1. The van der Waals surface area contributed by atoms with Gasteiger partial charge in [0.05, 0.1) is 6.26 Å². The first-order chi connectivity index (χ1) is 13.4. The third-order valence-corrected chi connectivity index (χ3v) is 5.48. The first-order valence-electron chi connectivity index (χ1n) is 8.57. The molecule has 148 valence electrons. The lowest BCUT2D eigenvalue weighted by Gasteiger charge is -2.26. The molecule has 1 N–H and O–H groups in total. The average molecular weight is 406 g/mol. The second-order valence-corrected chi connectivity index (χ2v) is 7.33. The molecule has 1 aliphatic rings. The number of hydrogen-bond acceptors (Lipinski definition) is 6. The van der Waals surface area contributed by atoms with Gasteiger partial charge < -0.3 is 19.4 Å². The summed E-state index contributed by atoms with van der Waals surface area (Å²) in [6.07, 6.45) is 0.417. The van der Waals surface area contributed by atoms with Gasteiger partial charge in [0, 0.05) is 18.4 Å². The van der Waals surface area contributed by atoms with E-state index in [1.165, 1.54) is 61.0 Å². The number of carbonyl (C=O) groups excluding carboxylic acids is 3. The van der Waals surface area contributed by atoms with Crippen LogP contribution in [0.3, 0.4) is 0 Å². The minimum atomic E-state index is -1.08. The molecule has 0 spiro atoms. The molecule has 0 bridgehead atoms. The SMILES string of the molecule is CC(=O)N1[C@@H](c2ccco2)SC[C@H]1C(=O)O[C@H](C)C(=O)Nc1ccc(F)cc1. The Labute approximate surface area is 165 Å². The Kier molecular flexibility index (Phi) is 6.03. The molecule has 7 nitrogen and oxygen atoms in total. The van der Waals surface area contributed by atoms with E-state index in [9.17, 15) is 18.8 Å². The molecule has 28 heavy (non-hydrogen) atoms. The fourth-order valence-electron chi connectivity index (χ4n) is 2.81. The van der Waals surface area contributed by atoms with Crippen molar-refractivity contribution in [3.05, 3.63) is 54.2 Å². The van der Waals surface area contributed by atoms with Crippen molar-refractivity contribution in [2.24, 2.45) is 0 Å². The quantitative estimate of drug-likeness (QED) is 0.768. The summed E-state index contributed by atoms with van der Waals surface area (Å²) in [4.78, 5) is 38.3. The highest BCUT2D eigenvalue weighted by Crippen LogP contribution is 2.41. The molecule has 9 heteroatoms. The molecule has 1 aliphatic heterocycles. The first-order valence-corrected chi connectivity index (χ1v) is 9.62. The summed E-state index contributed by atoms with van der Waals surface area (Å²) in [6, 6.07) is 7.85. The summed E-state index contributed by atoms with van der Waals surface area (Å²) in [5.41, 5.74) is 0.383. The van der Waals surface area contributed by atoms with Crippen molar-refractivity contribution < 1.29 is 27.9 Å². The van der Waals surface area contributed by atoms with E-state index in [-0.39, 0.29) is 5.91 Å². The van der Waals surface area contributed by atoms with E-state index in [0.29, 0.717) is 17.2 Å². The molecule has 2 heterocycles. The van der Waals surface area contributed by atoms with E-state index in [2.05, 4.69) is 5.32 Å². The van der Waals surface area contributed by atoms with E-state index >= 15 is 0 Å². The van der Waals surface area contributed by atoms with Crippen LogP contribution in [0.1, 0.15) is 25.0 Å². The molecule has 2 amide bonds. The number of furan rings is 1. The van der Waals surface area contributed by atoms with E-state index in [4.69, 9.17) is 9.15 Å². The van der Waals surface area contributed by atoms with Gasteiger partial charge in [0.25, 0.3) is 5.91 Å². The van der Waals surface area contributed by atoms with Crippen LogP contribution in [0.5, 0.6) is 0 Å². The van der Waals surface area contributed by atoms with E-state index in [0.717, 1.165) is 0 Å². The number of nitrogens with one attached hydrogen (secondary N) is 1. The van der Waals surface area contributed by atoms with Gasteiger partial charge in [-0.3, -0.25) is 9.59 Å². The fourth-order valence-corrected chi connectivity index (χ4v) is 4.22. The third kappa shape index (κ3) is 4.36. The number of carbonyl (C=O) groups is 3. The molecule has 1 aromatic heterocycles. The van der Waals surface area contributed by atoms with Gasteiger partial charge in [-0.25, -0.2) is 9.18 Å². The number of rotatable bonds is 5.